The third-order valence-corrected chi connectivity index (χ3v) is 22.1. The summed E-state index contributed by atoms with van der Waals surface area (Å²) in [5, 5.41) is 11.4. The molecule has 0 aliphatic rings. The van der Waals surface area contributed by atoms with E-state index in [1.165, 1.54) is 295 Å². The fourth-order valence-electron chi connectivity index (χ4n) is 14.6. The van der Waals surface area contributed by atoms with Crippen LogP contribution in [0.4, 0.5) is 4.79 Å². The number of carbonyl (C=O) groups excluding carboxylic acids is 8. The summed E-state index contributed by atoms with van der Waals surface area (Å²) in [6.07, 6.45) is 71.9. The van der Waals surface area contributed by atoms with Crippen LogP contribution in [0.5, 0.6) is 0 Å². The van der Waals surface area contributed by atoms with E-state index in [4.69, 9.17) is 43.0 Å². The number of nitrogens with one attached hydrogen (secondary N) is 1. The van der Waals surface area contributed by atoms with Crippen molar-refractivity contribution in [1.29, 1.82) is 0 Å². The van der Waals surface area contributed by atoms with Gasteiger partial charge in [-0.2, -0.15) is 0 Å². The van der Waals surface area contributed by atoms with Crippen molar-refractivity contribution in [1.82, 2.24) is 5.32 Å². The van der Waals surface area contributed by atoms with Gasteiger partial charge in [-0.25, -0.2) is 14.4 Å². The summed E-state index contributed by atoms with van der Waals surface area (Å²) in [5.74, 6) is -4.71. The normalized spacial score (nSPS) is 12.2. The molecule has 4 atom stereocenters. The topological polar surface area (TPSA) is 287 Å². The molecule has 1 aromatic rings. The second kappa shape index (κ2) is 88.0. The molecule has 121 heavy (non-hydrogen) atoms. The molecular formula is C100H181ClN2O18. The monoisotopic (exact) mass is 1730 g/mol. The van der Waals surface area contributed by atoms with Gasteiger partial charge in [-0.05, 0) is 58.4 Å². The summed E-state index contributed by atoms with van der Waals surface area (Å²) >= 11 is 0. The maximum absolute atomic E-state index is 13.5. The van der Waals surface area contributed by atoms with Gasteiger partial charge in [0.05, 0.1) is 6.42 Å². The van der Waals surface area contributed by atoms with Gasteiger partial charge in [0, 0.05) is 38.5 Å². The molecule has 0 spiro atoms. The Balaban J connectivity index is 0. The summed E-state index contributed by atoms with van der Waals surface area (Å²) in [6, 6.07) is 7.10. The number of alkyl carbamates (subject to hydrolysis) is 1. The lowest BCUT2D eigenvalue weighted by molar-refractivity contribution is -0.409. The van der Waals surface area contributed by atoms with Crippen molar-refractivity contribution in [2.45, 2.75) is 522 Å². The molecule has 0 heterocycles. The Morgan fingerprint density at radius 2 is 0.579 bits per heavy atom. The predicted molar refractivity (Wildman–Crippen MR) is 484 cm³/mol. The molecule has 0 aliphatic heterocycles. The van der Waals surface area contributed by atoms with E-state index in [0.29, 0.717) is 19.3 Å². The third kappa shape index (κ3) is 85.1. The zero-order valence-electron chi connectivity index (χ0n) is 78.3. The number of unbranched alkanes of at least 4 members (excludes halogenated alkanes) is 56. The van der Waals surface area contributed by atoms with Crippen LogP contribution in [0.2, 0.25) is 0 Å². The van der Waals surface area contributed by atoms with Crippen LogP contribution >= 0.6 is 0 Å². The number of carbonyl (C=O) groups is 9. The summed E-state index contributed by atoms with van der Waals surface area (Å²) in [4.78, 5) is 113. The Bertz CT molecular complexity index is 2590. The fraction of sp³-hybridized carbons (Fsp3) is 0.850. The van der Waals surface area contributed by atoms with Crippen LogP contribution in [-0.2, 0) is 82.9 Å². The Kier molecular flexibility index (Phi) is 85.4. The van der Waals surface area contributed by atoms with E-state index < -0.39 is 84.4 Å². The molecule has 0 saturated carbocycles. The minimum atomic E-state index is -1.26. The quantitative estimate of drug-likeness (QED) is 0.0310. The number of esters is 7. The highest BCUT2D eigenvalue weighted by molar-refractivity contribution is 5.82. The number of amides is 1. The van der Waals surface area contributed by atoms with Crippen molar-refractivity contribution in [2.24, 2.45) is 0 Å². The van der Waals surface area contributed by atoms with Crippen LogP contribution in [-0.4, -0.2) is 115 Å². The molecule has 0 radical (unpaired) electrons. The minimum Gasteiger partial charge on any atom is -1.00 e. The molecule has 1 rings (SSSR count). The average Bonchev–Trinajstić information content (AvgIpc) is 0.908. The first-order valence-corrected chi connectivity index (χ1v) is 49.5. The fourth-order valence-corrected chi connectivity index (χ4v) is 14.6. The van der Waals surface area contributed by atoms with E-state index in [9.17, 15) is 43.2 Å². The van der Waals surface area contributed by atoms with Crippen molar-refractivity contribution < 1.29 is 104 Å². The summed E-state index contributed by atoms with van der Waals surface area (Å²) in [5.41, 5.74) is 3.66. The van der Waals surface area contributed by atoms with Crippen LogP contribution in [0.15, 0.2) is 30.3 Å². The lowest BCUT2D eigenvalue weighted by Crippen LogP contribution is -3.00. The molecule has 3 unspecified atom stereocenters. The van der Waals surface area contributed by atoms with E-state index >= 15 is 0 Å². The SMILES string of the molecule is CCCCCCCCCCCCCCCCCC(=O)OCC(COC(=O)C([NH3+])CCC(=O)O)OC(=O)CCCCCCCCCCCCCCCCC.CCCCCCCCCCCCCCCCCC(=O)OCC(COC(=O)[C@H](CCC(=O)OCc1ccccc1)NC(=O)OC(C)(C)C)OC(=O)CCCCCCCCCCCCCCCCC.[Cl-]. The molecule has 1 aromatic carbocycles. The molecule has 0 bridgehead atoms. The van der Waals surface area contributed by atoms with Crippen LogP contribution in [0.3, 0.4) is 0 Å². The van der Waals surface area contributed by atoms with Gasteiger partial charge >= 0.3 is 53.8 Å². The largest absolute Gasteiger partial charge is 1.00 e. The Morgan fingerprint density at radius 1 is 0.322 bits per heavy atom. The first kappa shape index (κ1) is 118. The van der Waals surface area contributed by atoms with E-state index in [1.54, 1.807) is 20.8 Å². The number of carboxylic acids is 1. The number of quaternary nitrogens is 1. The highest BCUT2D eigenvalue weighted by Gasteiger charge is 2.30. The van der Waals surface area contributed by atoms with Crippen LogP contribution in [0, 0.1) is 0 Å². The number of hydrogen-bond donors (Lipinski definition) is 3. The number of ether oxygens (including phenoxy) is 8. The number of aliphatic carboxylic acids is 1. The van der Waals surface area contributed by atoms with Crippen LogP contribution in [0.25, 0.3) is 0 Å². The summed E-state index contributed by atoms with van der Waals surface area (Å²) in [7, 11) is 0. The lowest BCUT2D eigenvalue weighted by Gasteiger charge is -2.24. The van der Waals surface area contributed by atoms with Gasteiger partial charge in [-0.15, -0.1) is 0 Å². The van der Waals surface area contributed by atoms with E-state index in [0.717, 1.165) is 82.6 Å². The zero-order chi connectivity index (χ0) is 88.1. The molecule has 20 nitrogen and oxygen atoms in total. The van der Waals surface area contributed by atoms with Gasteiger partial charge in [0.2, 0.25) is 0 Å². The molecule has 0 fully saturated rings. The highest BCUT2D eigenvalue weighted by Crippen LogP contribution is 2.22. The Hall–Kier alpha value is -5.50. The zero-order valence-corrected chi connectivity index (χ0v) is 79.0. The third-order valence-electron chi connectivity index (χ3n) is 22.1. The molecule has 1 amide bonds. The molecule has 0 aliphatic carbocycles. The lowest BCUT2D eigenvalue weighted by atomic mass is 10.0. The molecular weight excluding hydrogens is 1550 g/mol. The van der Waals surface area contributed by atoms with Gasteiger partial charge in [-0.3, -0.25) is 28.8 Å². The highest BCUT2D eigenvalue weighted by atomic mass is 35.5. The smallest absolute Gasteiger partial charge is 0.408 e. The maximum Gasteiger partial charge on any atom is 0.408 e. The van der Waals surface area contributed by atoms with Crippen LogP contribution < -0.4 is 23.5 Å². The number of benzene rings is 1. The Morgan fingerprint density at radius 3 is 0.860 bits per heavy atom. The van der Waals surface area contributed by atoms with Crippen molar-refractivity contribution in [2.75, 3.05) is 26.4 Å². The van der Waals surface area contributed by atoms with Crippen LogP contribution in [0.1, 0.15) is 491 Å². The van der Waals surface area contributed by atoms with Crippen molar-refractivity contribution >= 4 is 53.8 Å². The van der Waals surface area contributed by atoms with Crippen molar-refractivity contribution in [3.05, 3.63) is 35.9 Å². The maximum atomic E-state index is 13.5. The van der Waals surface area contributed by atoms with Gasteiger partial charge < -0.3 is 66.5 Å². The first-order valence-electron chi connectivity index (χ1n) is 49.5. The van der Waals surface area contributed by atoms with E-state index in [-0.39, 0.29) is 89.7 Å². The van der Waals surface area contributed by atoms with E-state index in [2.05, 4.69) is 38.7 Å². The first-order chi connectivity index (χ1) is 58.2. The molecule has 0 saturated heterocycles. The van der Waals surface area contributed by atoms with Gasteiger partial charge in [0.1, 0.15) is 44.7 Å². The second-order valence-electron chi connectivity index (χ2n) is 35.2. The van der Waals surface area contributed by atoms with Crippen molar-refractivity contribution in [3.8, 4) is 0 Å². The minimum absolute atomic E-state index is 0. The van der Waals surface area contributed by atoms with Gasteiger partial charge in [0.15, 0.2) is 18.2 Å². The Labute approximate surface area is 743 Å². The van der Waals surface area contributed by atoms with Gasteiger partial charge in [-0.1, -0.05) is 418 Å². The molecule has 5 N–H and O–H groups in total. The summed E-state index contributed by atoms with van der Waals surface area (Å²) < 4.78 is 43.9. The second-order valence-corrected chi connectivity index (χ2v) is 35.2. The number of rotatable bonds is 85. The average molecular weight is 1730 g/mol. The number of halogens is 1. The number of hydrogen-bond acceptors (Lipinski definition) is 17. The van der Waals surface area contributed by atoms with Crippen molar-refractivity contribution in [3.63, 3.8) is 0 Å². The summed E-state index contributed by atoms with van der Waals surface area (Å²) in [6.45, 7) is 13.0. The van der Waals surface area contributed by atoms with E-state index in [1.807, 2.05) is 30.3 Å². The predicted octanol–water partition coefficient (Wildman–Crippen LogP) is 22.9. The molecule has 21 heteroatoms. The number of carboxylic acid groups (broad SMARTS) is 1. The van der Waals surface area contributed by atoms with Gasteiger partial charge in [0.25, 0.3) is 0 Å². The standard InChI is InChI=1S/C56H97NO10.C44H83NO8.ClH/c1-6-8-10-12-14-16-18-20-22-24-26-28-30-32-37-41-51(58)64-46-49(66-53(60)42-38-33-31-29-27-25-23-21-19-17-15-13-11-9-7-2)47-65-54(61)50(57-55(62)67-56(3,4)5)43-44-52(59)63-45-48-39-35-34-36-40-48;1-3-5-7-9-11-13-15-17-19-21-23-25-27-29-31-33-42(48)51-37-39(38-52-44(50)40(45)35-36-41(46)47)53-43(49)34-32-30-28-26-24-22-20-18-16-14-12-10-8-6-4-2;/h34-36,39-40,49-50H,6-33,37-38,41-47H2,1-5H3,(H,57,62);39-40H,3-38,45H2,1-2H3,(H,46,47);1H/t49?,50-;;/m0../s1. The molecule has 0 aromatic heterocycles. The molecule has 706 valence electrons.